The molecule has 0 saturated heterocycles. The fraction of sp³-hybridized carbons (Fsp3) is 0.273. The lowest BCUT2D eigenvalue weighted by molar-refractivity contribution is -0.142. The van der Waals surface area contributed by atoms with Gasteiger partial charge in [0.05, 0.1) is 19.9 Å². The summed E-state index contributed by atoms with van der Waals surface area (Å²) < 4.78 is 15.3. The van der Waals surface area contributed by atoms with Gasteiger partial charge in [0.1, 0.15) is 11.5 Å². The maximum absolute atomic E-state index is 12.1. The Balaban J connectivity index is 1.87. The van der Waals surface area contributed by atoms with E-state index in [0.29, 0.717) is 23.1 Å². The molecule has 0 unspecified atom stereocenters. The number of methoxy groups -OCH3 is 2. The molecule has 0 saturated carbocycles. The molecule has 28 heavy (non-hydrogen) atoms. The van der Waals surface area contributed by atoms with Gasteiger partial charge < -0.3 is 19.5 Å². The van der Waals surface area contributed by atoms with E-state index in [9.17, 15) is 9.59 Å². The third kappa shape index (κ3) is 6.16. The van der Waals surface area contributed by atoms with E-state index >= 15 is 0 Å². The average molecular weight is 383 g/mol. The van der Waals surface area contributed by atoms with Crippen LogP contribution in [0.3, 0.4) is 0 Å². The Morgan fingerprint density at radius 3 is 2.36 bits per heavy atom. The van der Waals surface area contributed by atoms with Gasteiger partial charge in [-0.15, -0.1) is 0 Å². The van der Waals surface area contributed by atoms with Crippen molar-refractivity contribution in [2.24, 2.45) is 0 Å². The molecule has 6 heteroatoms. The van der Waals surface area contributed by atoms with Gasteiger partial charge in [-0.05, 0) is 35.3 Å². The van der Waals surface area contributed by atoms with Crippen LogP contribution in [-0.4, -0.2) is 32.7 Å². The van der Waals surface area contributed by atoms with Crippen LogP contribution < -0.4 is 14.8 Å². The molecule has 0 bridgehead atoms. The summed E-state index contributed by atoms with van der Waals surface area (Å²) in [6.45, 7) is 3.83. The average Bonchev–Trinajstić information content (AvgIpc) is 2.70. The van der Waals surface area contributed by atoms with Gasteiger partial charge in [-0.25, -0.2) is 4.79 Å². The first-order valence-corrected chi connectivity index (χ1v) is 8.89. The second-order valence-electron chi connectivity index (χ2n) is 6.38. The first-order chi connectivity index (χ1) is 13.4. The minimum Gasteiger partial charge on any atom is -0.497 e. The summed E-state index contributed by atoms with van der Waals surface area (Å²) in [7, 11) is 3.02. The fourth-order valence-corrected chi connectivity index (χ4v) is 2.44. The highest BCUT2D eigenvalue weighted by molar-refractivity contribution is 5.95. The van der Waals surface area contributed by atoms with Crippen molar-refractivity contribution >= 4 is 23.6 Å². The molecule has 0 aliphatic rings. The molecule has 0 atom stereocenters. The molecule has 2 aromatic rings. The number of carbonyl (C=O) groups is 2. The van der Waals surface area contributed by atoms with Crippen LogP contribution in [-0.2, 0) is 14.3 Å². The monoisotopic (exact) mass is 383 g/mol. The maximum atomic E-state index is 12.1. The van der Waals surface area contributed by atoms with E-state index in [4.69, 9.17) is 14.2 Å². The summed E-state index contributed by atoms with van der Waals surface area (Å²) in [5, 5.41) is 2.64. The number of esters is 1. The summed E-state index contributed by atoms with van der Waals surface area (Å²) in [6.07, 6.45) is 2.94. The maximum Gasteiger partial charge on any atom is 0.331 e. The molecule has 0 fully saturated rings. The van der Waals surface area contributed by atoms with E-state index in [1.54, 1.807) is 24.3 Å². The largest absolute Gasteiger partial charge is 0.497 e. The molecule has 0 aromatic heterocycles. The van der Waals surface area contributed by atoms with Gasteiger partial charge in [0.25, 0.3) is 5.91 Å². The molecule has 0 spiro atoms. The van der Waals surface area contributed by atoms with Crippen molar-refractivity contribution in [2.45, 2.75) is 19.8 Å². The van der Waals surface area contributed by atoms with Gasteiger partial charge in [0, 0.05) is 12.1 Å². The lowest BCUT2D eigenvalue weighted by Crippen LogP contribution is -2.20. The summed E-state index contributed by atoms with van der Waals surface area (Å²) in [4.78, 5) is 23.9. The zero-order valence-electron chi connectivity index (χ0n) is 16.5. The molecule has 0 heterocycles. The summed E-state index contributed by atoms with van der Waals surface area (Å²) in [6, 6.07) is 12.9. The third-order valence-corrected chi connectivity index (χ3v) is 4.04. The van der Waals surface area contributed by atoms with Gasteiger partial charge in [-0.1, -0.05) is 38.1 Å². The van der Waals surface area contributed by atoms with Gasteiger partial charge >= 0.3 is 5.97 Å². The molecule has 0 radical (unpaired) electrons. The summed E-state index contributed by atoms with van der Waals surface area (Å²) in [5.74, 6) is 0.421. The van der Waals surface area contributed by atoms with Crippen LogP contribution in [0.5, 0.6) is 11.5 Å². The highest BCUT2D eigenvalue weighted by Gasteiger charge is 2.10. The van der Waals surface area contributed by atoms with Crippen LogP contribution in [0.25, 0.3) is 6.08 Å². The Labute approximate surface area is 165 Å². The number of carbonyl (C=O) groups excluding carboxylic acids is 2. The first kappa shape index (κ1) is 21.0. The molecule has 2 aromatic carbocycles. The zero-order valence-corrected chi connectivity index (χ0v) is 16.5. The van der Waals surface area contributed by atoms with Gasteiger partial charge in [0.15, 0.2) is 6.61 Å². The number of benzene rings is 2. The van der Waals surface area contributed by atoms with Crippen LogP contribution in [0, 0.1) is 0 Å². The van der Waals surface area contributed by atoms with E-state index in [-0.39, 0.29) is 0 Å². The molecule has 0 aliphatic carbocycles. The minimum absolute atomic E-state index is 0.407. The van der Waals surface area contributed by atoms with Crippen LogP contribution in [0.4, 0.5) is 5.69 Å². The van der Waals surface area contributed by atoms with Crippen molar-refractivity contribution in [3.8, 4) is 11.5 Å². The van der Waals surface area contributed by atoms with E-state index in [1.807, 2.05) is 24.3 Å². The third-order valence-electron chi connectivity index (χ3n) is 4.04. The van der Waals surface area contributed by atoms with Crippen molar-refractivity contribution in [3.63, 3.8) is 0 Å². The molecular weight excluding hydrogens is 358 g/mol. The number of amides is 1. The molecule has 1 N–H and O–H groups in total. The van der Waals surface area contributed by atoms with Crippen LogP contribution in [0.1, 0.15) is 30.9 Å². The Morgan fingerprint density at radius 2 is 1.75 bits per heavy atom. The van der Waals surface area contributed by atoms with E-state index < -0.39 is 18.5 Å². The number of anilines is 1. The quantitative estimate of drug-likeness (QED) is 0.550. The molecule has 0 aliphatic heterocycles. The number of rotatable bonds is 8. The van der Waals surface area contributed by atoms with Crippen LogP contribution in [0.2, 0.25) is 0 Å². The number of ether oxygens (including phenoxy) is 3. The second-order valence-corrected chi connectivity index (χ2v) is 6.38. The number of hydrogen-bond acceptors (Lipinski definition) is 5. The van der Waals surface area contributed by atoms with Gasteiger partial charge in [0.2, 0.25) is 0 Å². The van der Waals surface area contributed by atoms with E-state index in [1.165, 1.54) is 25.9 Å². The predicted octanol–water partition coefficient (Wildman–Crippen LogP) is 4.02. The van der Waals surface area contributed by atoms with E-state index in [2.05, 4.69) is 19.2 Å². The first-order valence-electron chi connectivity index (χ1n) is 8.89. The van der Waals surface area contributed by atoms with Gasteiger partial charge in [-0.3, -0.25) is 4.79 Å². The van der Waals surface area contributed by atoms with Crippen molar-refractivity contribution in [2.75, 3.05) is 26.1 Å². The predicted molar refractivity (Wildman–Crippen MR) is 109 cm³/mol. The Morgan fingerprint density at radius 1 is 1.04 bits per heavy atom. The highest BCUT2D eigenvalue weighted by Crippen LogP contribution is 2.28. The van der Waals surface area contributed by atoms with E-state index in [0.717, 1.165) is 5.56 Å². The van der Waals surface area contributed by atoms with Gasteiger partial charge in [-0.2, -0.15) is 0 Å². The highest BCUT2D eigenvalue weighted by atomic mass is 16.5. The summed E-state index contributed by atoms with van der Waals surface area (Å²) >= 11 is 0. The summed E-state index contributed by atoms with van der Waals surface area (Å²) in [5.41, 5.74) is 2.54. The number of nitrogens with one attached hydrogen (secondary N) is 1. The normalized spacial score (nSPS) is 10.8. The Hall–Kier alpha value is -3.28. The lowest BCUT2D eigenvalue weighted by Gasteiger charge is -2.11. The standard InChI is InChI=1S/C22H25NO5/c1-15(2)17-8-5-16(6-9-17)7-12-22(25)28-14-21(24)23-19-13-18(26-3)10-11-20(19)27-4/h5-13,15H,14H2,1-4H3,(H,23,24)/b12-7+. The fourth-order valence-electron chi connectivity index (χ4n) is 2.44. The molecule has 148 valence electrons. The molecule has 2 rings (SSSR count). The van der Waals surface area contributed by atoms with Crippen molar-refractivity contribution in [1.29, 1.82) is 0 Å². The van der Waals surface area contributed by atoms with Crippen molar-refractivity contribution in [3.05, 3.63) is 59.7 Å². The van der Waals surface area contributed by atoms with Crippen LogP contribution in [0.15, 0.2) is 48.5 Å². The molecule has 6 nitrogen and oxygen atoms in total. The second kappa shape index (κ2) is 10.2. The Bertz CT molecular complexity index is 841. The SMILES string of the molecule is COc1ccc(OC)c(NC(=O)COC(=O)/C=C/c2ccc(C(C)C)cc2)c1. The van der Waals surface area contributed by atoms with Crippen molar-refractivity contribution < 1.29 is 23.8 Å². The lowest BCUT2D eigenvalue weighted by atomic mass is 10.0. The van der Waals surface area contributed by atoms with Crippen LogP contribution >= 0.6 is 0 Å². The molecule has 1 amide bonds. The minimum atomic E-state index is -0.597. The van der Waals surface area contributed by atoms with Crippen molar-refractivity contribution in [1.82, 2.24) is 0 Å². The zero-order chi connectivity index (χ0) is 20.5. The molecular formula is C22H25NO5. The topological polar surface area (TPSA) is 73.9 Å². The Kier molecular flexibility index (Phi) is 7.63. The smallest absolute Gasteiger partial charge is 0.331 e. The number of hydrogen-bond donors (Lipinski definition) is 1.